The second-order valence-electron chi connectivity index (χ2n) is 6.73. The molecule has 24 heavy (non-hydrogen) atoms. The van der Waals surface area contributed by atoms with E-state index in [-0.39, 0.29) is 17.3 Å². The maximum Gasteiger partial charge on any atom is 0.226 e. The van der Waals surface area contributed by atoms with Crippen LogP contribution in [-0.4, -0.2) is 22.3 Å². The fraction of sp³-hybridized carbons (Fsp3) is 0.368. The Balaban J connectivity index is 1.41. The minimum atomic E-state index is 0.0302. The zero-order valence-corrected chi connectivity index (χ0v) is 14.9. The molecule has 1 aromatic carbocycles. The van der Waals surface area contributed by atoms with Gasteiger partial charge in [0.2, 0.25) is 5.91 Å². The molecule has 1 fully saturated rings. The molecule has 5 heteroatoms. The van der Waals surface area contributed by atoms with Crippen LogP contribution in [0, 0.1) is 5.92 Å². The molecule has 0 bridgehead atoms. The van der Waals surface area contributed by atoms with Crippen LogP contribution in [0.3, 0.4) is 0 Å². The minimum absolute atomic E-state index is 0.0302. The third-order valence-corrected chi connectivity index (χ3v) is 5.80. The lowest BCUT2D eigenvalue weighted by Crippen LogP contribution is -2.44. The Morgan fingerprint density at radius 2 is 1.92 bits per heavy atom. The summed E-state index contributed by atoms with van der Waals surface area (Å²) in [7, 11) is 0. The van der Waals surface area contributed by atoms with E-state index < -0.39 is 0 Å². The average Bonchev–Trinajstić information content (AvgIpc) is 2.55. The molecule has 1 N–H and O–H groups in total. The quantitative estimate of drug-likeness (QED) is 0.861. The van der Waals surface area contributed by atoms with Crippen LogP contribution in [0.15, 0.2) is 45.8 Å². The summed E-state index contributed by atoms with van der Waals surface area (Å²) in [4.78, 5) is 29.7. The van der Waals surface area contributed by atoms with E-state index in [0.717, 1.165) is 35.0 Å². The Kier molecular flexibility index (Phi) is 4.04. The Morgan fingerprint density at radius 1 is 1.17 bits per heavy atom. The highest BCUT2D eigenvalue weighted by atomic mass is 79.9. The van der Waals surface area contributed by atoms with Crippen molar-refractivity contribution >= 4 is 21.8 Å². The number of hydrogen-bond acceptors (Lipinski definition) is 2. The van der Waals surface area contributed by atoms with Gasteiger partial charge in [-0.15, -0.1) is 0 Å². The lowest BCUT2D eigenvalue weighted by atomic mass is 9.70. The number of nitrogens with one attached hydrogen (secondary N) is 1. The van der Waals surface area contributed by atoms with Gasteiger partial charge in [0.1, 0.15) is 0 Å². The largest absolute Gasteiger partial charge is 0.364 e. The van der Waals surface area contributed by atoms with E-state index in [0.29, 0.717) is 19.0 Å². The van der Waals surface area contributed by atoms with Crippen LogP contribution in [0.2, 0.25) is 0 Å². The molecule has 1 aliphatic carbocycles. The van der Waals surface area contributed by atoms with Crippen molar-refractivity contribution in [3.8, 4) is 0 Å². The summed E-state index contributed by atoms with van der Waals surface area (Å²) in [5.41, 5.74) is 3.07. The van der Waals surface area contributed by atoms with Crippen LogP contribution in [0.1, 0.15) is 35.6 Å². The SMILES string of the molecule is O=C(C1CC(c2ccc(Br)cc2)C1)N1CCc2[nH]ccc(=O)c2C1. The lowest BCUT2D eigenvalue weighted by Gasteiger charge is -2.39. The van der Waals surface area contributed by atoms with E-state index in [1.807, 2.05) is 4.90 Å². The molecule has 0 spiro atoms. The highest BCUT2D eigenvalue weighted by molar-refractivity contribution is 9.10. The topological polar surface area (TPSA) is 53.2 Å². The van der Waals surface area contributed by atoms with Crippen molar-refractivity contribution in [2.45, 2.75) is 31.7 Å². The van der Waals surface area contributed by atoms with Gasteiger partial charge >= 0.3 is 0 Å². The molecule has 4 nitrogen and oxygen atoms in total. The van der Waals surface area contributed by atoms with Crippen molar-refractivity contribution in [2.75, 3.05) is 6.54 Å². The van der Waals surface area contributed by atoms with Crippen LogP contribution >= 0.6 is 15.9 Å². The summed E-state index contributed by atoms with van der Waals surface area (Å²) < 4.78 is 1.08. The second-order valence-corrected chi connectivity index (χ2v) is 7.64. The Morgan fingerprint density at radius 3 is 2.67 bits per heavy atom. The van der Waals surface area contributed by atoms with Crippen LogP contribution in [0.25, 0.3) is 0 Å². The van der Waals surface area contributed by atoms with Gasteiger partial charge in [-0.3, -0.25) is 9.59 Å². The molecule has 2 aliphatic rings. The highest BCUT2D eigenvalue weighted by Gasteiger charge is 2.38. The number of aromatic amines is 1. The van der Waals surface area contributed by atoms with Crippen LogP contribution in [0.4, 0.5) is 0 Å². The second kappa shape index (κ2) is 6.20. The summed E-state index contributed by atoms with van der Waals surface area (Å²) in [5, 5.41) is 0. The van der Waals surface area contributed by atoms with E-state index in [1.165, 1.54) is 5.56 Å². The van der Waals surface area contributed by atoms with Crippen LogP contribution in [-0.2, 0) is 17.8 Å². The molecule has 4 rings (SSSR count). The molecule has 1 aliphatic heterocycles. The predicted octanol–water partition coefficient (Wildman–Crippen LogP) is 3.22. The fourth-order valence-corrected chi connectivity index (χ4v) is 4.00. The van der Waals surface area contributed by atoms with Crippen LogP contribution in [0.5, 0.6) is 0 Å². The first-order valence-corrected chi connectivity index (χ1v) is 9.15. The molecular weight excluding hydrogens is 368 g/mol. The number of rotatable bonds is 2. The zero-order chi connectivity index (χ0) is 16.7. The molecule has 1 aromatic heterocycles. The standard InChI is InChI=1S/C19H19BrN2O2/c20-15-3-1-12(2-4-15)13-9-14(10-13)19(24)22-8-6-17-16(11-22)18(23)5-7-21-17/h1-5,7,13-14H,6,8-11H2,(H,21,23). The monoisotopic (exact) mass is 386 g/mol. The molecule has 0 unspecified atom stereocenters. The first kappa shape index (κ1) is 15.6. The summed E-state index contributed by atoms with van der Waals surface area (Å²) in [6.07, 6.45) is 4.25. The van der Waals surface area contributed by atoms with Crippen molar-refractivity contribution in [3.05, 3.63) is 68.0 Å². The molecule has 2 heterocycles. The number of H-pyrrole nitrogens is 1. The van der Waals surface area contributed by atoms with Gasteiger partial charge in [-0.2, -0.15) is 0 Å². The van der Waals surface area contributed by atoms with Gasteiger partial charge in [0.05, 0.1) is 6.54 Å². The number of carbonyl (C=O) groups excluding carboxylic acids is 1. The molecular formula is C19H19BrN2O2. The number of halogens is 1. The summed E-state index contributed by atoms with van der Waals surface area (Å²) in [6.45, 7) is 1.15. The predicted molar refractivity (Wildman–Crippen MR) is 95.8 cm³/mol. The third kappa shape index (κ3) is 2.81. The third-order valence-electron chi connectivity index (χ3n) is 5.28. The van der Waals surface area contributed by atoms with Gasteiger partial charge in [-0.1, -0.05) is 28.1 Å². The van der Waals surface area contributed by atoms with Crippen molar-refractivity contribution in [2.24, 2.45) is 5.92 Å². The number of pyridine rings is 1. The molecule has 1 saturated carbocycles. The minimum Gasteiger partial charge on any atom is -0.364 e. The summed E-state index contributed by atoms with van der Waals surface area (Å²) in [5.74, 6) is 0.785. The zero-order valence-electron chi connectivity index (χ0n) is 13.3. The number of carbonyl (C=O) groups is 1. The van der Waals surface area contributed by atoms with Crippen molar-refractivity contribution in [1.29, 1.82) is 0 Å². The normalized spacial score (nSPS) is 22.6. The summed E-state index contributed by atoms with van der Waals surface area (Å²) >= 11 is 3.45. The van der Waals surface area contributed by atoms with E-state index in [9.17, 15) is 9.59 Å². The van der Waals surface area contributed by atoms with Gasteiger partial charge < -0.3 is 9.88 Å². The van der Waals surface area contributed by atoms with Crippen molar-refractivity contribution < 1.29 is 4.79 Å². The van der Waals surface area contributed by atoms with Gasteiger partial charge in [0.25, 0.3) is 0 Å². The number of nitrogens with zero attached hydrogens (tertiary/aromatic N) is 1. The van der Waals surface area contributed by atoms with E-state index in [4.69, 9.17) is 0 Å². The van der Waals surface area contributed by atoms with Gasteiger partial charge in [-0.25, -0.2) is 0 Å². The van der Waals surface area contributed by atoms with E-state index >= 15 is 0 Å². The Hall–Kier alpha value is -1.88. The molecule has 0 saturated heterocycles. The smallest absolute Gasteiger partial charge is 0.226 e. The first-order valence-electron chi connectivity index (χ1n) is 8.35. The molecule has 1 amide bonds. The molecule has 0 atom stereocenters. The summed E-state index contributed by atoms with van der Waals surface area (Å²) in [6, 6.07) is 9.91. The Bertz CT molecular complexity index is 822. The van der Waals surface area contributed by atoms with E-state index in [1.54, 1.807) is 12.3 Å². The number of hydrogen-bond donors (Lipinski definition) is 1. The van der Waals surface area contributed by atoms with Gasteiger partial charge in [0.15, 0.2) is 5.43 Å². The highest BCUT2D eigenvalue weighted by Crippen LogP contribution is 2.43. The first-order chi connectivity index (χ1) is 11.6. The maximum absolute atomic E-state index is 12.7. The van der Waals surface area contributed by atoms with E-state index in [2.05, 4.69) is 45.2 Å². The van der Waals surface area contributed by atoms with Gasteiger partial charge in [0, 0.05) is 46.9 Å². The molecule has 2 aromatic rings. The number of fused-ring (bicyclic) bond motifs is 1. The van der Waals surface area contributed by atoms with Crippen LogP contribution < -0.4 is 5.43 Å². The fourth-order valence-electron chi connectivity index (χ4n) is 3.74. The molecule has 124 valence electrons. The molecule has 0 radical (unpaired) electrons. The number of aromatic nitrogens is 1. The van der Waals surface area contributed by atoms with Crippen molar-refractivity contribution in [3.63, 3.8) is 0 Å². The maximum atomic E-state index is 12.7. The van der Waals surface area contributed by atoms with Crippen molar-refractivity contribution in [1.82, 2.24) is 9.88 Å². The number of amides is 1. The Labute approximate surface area is 149 Å². The average molecular weight is 387 g/mol. The lowest BCUT2D eigenvalue weighted by molar-refractivity contribution is -0.139. The van der Waals surface area contributed by atoms with Gasteiger partial charge in [-0.05, 0) is 36.5 Å². The number of benzene rings is 1.